The summed E-state index contributed by atoms with van der Waals surface area (Å²) in [6.07, 6.45) is 2.18. The van der Waals surface area contributed by atoms with Crippen LogP contribution in [0.5, 0.6) is 5.88 Å². The Kier molecular flexibility index (Phi) is 5.30. The van der Waals surface area contributed by atoms with Gasteiger partial charge in [0.1, 0.15) is 5.60 Å². The molecule has 1 atom stereocenters. The van der Waals surface area contributed by atoms with Crippen LogP contribution in [0.25, 0.3) is 0 Å². The van der Waals surface area contributed by atoms with Crippen molar-refractivity contribution >= 4 is 11.6 Å². The average Bonchev–Trinajstić information content (AvgIpc) is 2.39. The van der Waals surface area contributed by atoms with Crippen molar-refractivity contribution in [3.8, 4) is 5.88 Å². The third-order valence-electron chi connectivity index (χ3n) is 3.10. The quantitative estimate of drug-likeness (QED) is 0.859. The van der Waals surface area contributed by atoms with Crippen LogP contribution < -0.4 is 10.1 Å². The van der Waals surface area contributed by atoms with Crippen LogP contribution in [0.4, 0.5) is 5.69 Å². The number of hydrogen-bond acceptors (Lipinski definition) is 4. The number of carbonyl (C=O) groups excluding carboxylic acids is 1. The van der Waals surface area contributed by atoms with Crippen molar-refractivity contribution in [2.75, 3.05) is 19.0 Å². The van der Waals surface area contributed by atoms with Gasteiger partial charge in [-0.15, -0.1) is 0 Å². The van der Waals surface area contributed by atoms with Crippen LogP contribution in [0.1, 0.15) is 32.8 Å². The standard InChI is InChI=1S/C14H22N2O3/c1-6-14(4,19-7-2)13(17)16-11-8-10(3)12(18-5)15-9-11/h8-9H,6-7H2,1-5H3,(H,16,17). The molecule has 1 rings (SSSR count). The number of aromatic nitrogens is 1. The first-order valence-electron chi connectivity index (χ1n) is 6.42. The Hall–Kier alpha value is -1.62. The average molecular weight is 266 g/mol. The molecule has 1 aromatic heterocycles. The molecule has 5 heteroatoms. The molecule has 1 unspecified atom stereocenters. The second-order valence-corrected chi connectivity index (χ2v) is 4.52. The van der Waals surface area contributed by atoms with Crippen LogP contribution >= 0.6 is 0 Å². The molecular weight excluding hydrogens is 244 g/mol. The Morgan fingerprint density at radius 1 is 1.47 bits per heavy atom. The van der Waals surface area contributed by atoms with Gasteiger partial charge in [0, 0.05) is 12.2 Å². The topological polar surface area (TPSA) is 60.5 Å². The lowest BCUT2D eigenvalue weighted by Crippen LogP contribution is -2.42. The lowest BCUT2D eigenvalue weighted by atomic mass is 10.0. The van der Waals surface area contributed by atoms with Crippen LogP contribution in [0.3, 0.4) is 0 Å². The molecule has 0 fully saturated rings. The zero-order valence-electron chi connectivity index (χ0n) is 12.2. The number of ether oxygens (including phenoxy) is 2. The maximum absolute atomic E-state index is 12.2. The van der Waals surface area contributed by atoms with E-state index >= 15 is 0 Å². The number of carbonyl (C=O) groups is 1. The summed E-state index contributed by atoms with van der Waals surface area (Å²) >= 11 is 0. The van der Waals surface area contributed by atoms with Gasteiger partial charge in [0.25, 0.3) is 5.91 Å². The molecule has 0 aliphatic heterocycles. The van der Waals surface area contributed by atoms with E-state index < -0.39 is 5.60 Å². The number of amides is 1. The predicted octanol–water partition coefficient (Wildman–Crippen LogP) is 2.54. The molecule has 1 aromatic rings. The largest absolute Gasteiger partial charge is 0.481 e. The van der Waals surface area contributed by atoms with E-state index in [1.165, 1.54) is 0 Å². The van der Waals surface area contributed by atoms with E-state index in [1.54, 1.807) is 20.2 Å². The fourth-order valence-corrected chi connectivity index (χ4v) is 1.75. The number of methoxy groups -OCH3 is 1. The Morgan fingerprint density at radius 2 is 2.16 bits per heavy atom. The molecule has 5 nitrogen and oxygen atoms in total. The van der Waals surface area contributed by atoms with Gasteiger partial charge in [-0.05, 0) is 33.3 Å². The van der Waals surface area contributed by atoms with Crippen LogP contribution in [-0.2, 0) is 9.53 Å². The summed E-state index contributed by atoms with van der Waals surface area (Å²) in [7, 11) is 1.57. The summed E-state index contributed by atoms with van der Waals surface area (Å²) in [4.78, 5) is 16.4. The van der Waals surface area contributed by atoms with Crippen LogP contribution in [0.15, 0.2) is 12.3 Å². The highest BCUT2D eigenvalue weighted by Gasteiger charge is 2.31. The Balaban J connectivity index is 2.84. The molecule has 1 heterocycles. The Morgan fingerprint density at radius 3 is 2.63 bits per heavy atom. The van der Waals surface area contributed by atoms with Gasteiger partial charge in [0.05, 0.1) is 19.0 Å². The number of anilines is 1. The number of nitrogens with one attached hydrogen (secondary N) is 1. The van der Waals surface area contributed by atoms with Crippen molar-refractivity contribution in [1.82, 2.24) is 4.98 Å². The number of aryl methyl sites for hydroxylation is 1. The first-order valence-corrected chi connectivity index (χ1v) is 6.42. The van der Waals surface area contributed by atoms with Gasteiger partial charge < -0.3 is 14.8 Å². The zero-order chi connectivity index (χ0) is 14.5. The van der Waals surface area contributed by atoms with E-state index in [2.05, 4.69) is 10.3 Å². The van der Waals surface area contributed by atoms with Crippen LogP contribution in [-0.4, -0.2) is 30.2 Å². The van der Waals surface area contributed by atoms with Crippen molar-refractivity contribution in [1.29, 1.82) is 0 Å². The summed E-state index contributed by atoms with van der Waals surface area (Å²) in [6.45, 7) is 7.96. The normalized spacial score (nSPS) is 13.7. The number of pyridine rings is 1. The fourth-order valence-electron chi connectivity index (χ4n) is 1.75. The molecule has 0 spiro atoms. The van der Waals surface area contributed by atoms with Crippen LogP contribution in [0.2, 0.25) is 0 Å². The van der Waals surface area contributed by atoms with Gasteiger partial charge in [-0.25, -0.2) is 4.98 Å². The van der Waals surface area contributed by atoms with Crippen LogP contribution in [0, 0.1) is 6.92 Å². The lowest BCUT2D eigenvalue weighted by Gasteiger charge is -2.26. The minimum Gasteiger partial charge on any atom is -0.481 e. The zero-order valence-corrected chi connectivity index (χ0v) is 12.2. The molecule has 0 saturated heterocycles. The molecule has 0 aliphatic carbocycles. The van der Waals surface area contributed by atoms with E-state index in [1.807, 2.05) is 26.8 Å². The van der Waals surface area contributed by atoms with Crippen molar-refractivity contribution in [2.24, 2.45) is 0 Å². The maximum atomic E-state index is 12.2. The second kappa shape index (κ2) is 6.52. The highest BCUT2D eigenvalue weighted by Crippen LogP contribution is 2.21. The van der Waals surface area contributed by atoms with Gasteiger partial charge in [0.2, 0.25) is 5.88 Å². The van der Waals surface area contributed by atoms with Crippen molar-refractivity contribution in [3.63, 3.8) is 0 Å². The first-order chi connectivity index (χ1) is 8.96. The van der Waals surface area contributed by atoms with E-state index in [4.69, 9.17) is 9.47 Å². The molecule has 19 heavy (non-hydrogen) atoms. The first kappa shape index (κ1) is 15.4. The SMILES string of the molecule is CCOC(C)(CC)C(=O)Nc1cnc(OC)c(C)c1. The second-order valence-electron chi connectivity index (χ2n) is 4.52. The molecule has 106 valence electrons. The van der Waals surface area contributed by atoms with Gasteiger partial charge >= 0.3 is 0 Å². The van der Waals surface area contributed by atoms with E-state index in [-0.39, 0.29) is 5.91 Å². The van der Waals surface area contributed by atoms with Gasteiger partial charge in [-0.3, -0.25) is 4.79 Å². The third-order valence-corrected chi connectivity index (χ3v) is 3.10. The summed E-state index contributed by atoms with van der Waals surface area (Å²) < 4.78 is 10.6. The highest BCUT2D eigenvalue weighted by molar-refractivity contribution is 5.97. The molecule has 0 aromatic carbocycles. The lowest BCUT2D eigenvalue weighted by molar-refractivity contribution is -0.139. The minimum atomic E-state index is -0.817. The number of rotatable bonds is 6. The van der Waals surface area contributed by atoms with Gasteiger partial charge in [-0.2, -0.15) is 0 Å². The number of hydrogen-bond donors (Lipinski definition) is 1. The predicted molar refractivity (Wildman–Crippen MR) is 74.5 cm³/mol. The van der Waals surface area contributed by atoms with Crippen molar-refractivity contribution in [3.05, 3.63) is 17.8 Å². The molecule has 0 bridgehead atoms. The van der Waals surface area contributed by atoms with Gasteiger partial charge in [-0.1, -0.05) is 6.92 Å². The molecule has 1 N–H and O–H groups in total. The summed E-state index contributed by atoms with van der Waals surface area (Å²) in [6, 6.07) is 1.83. The smallest absolute Gasteiger partial charge is 0.256 e. The Labute approximate surface area is 114 Å². The van der Waals surface area contributed by atoms with E-state index in [0.717, 1.165) is 5.56 Å². The molecule has 0 aliphatic rings. The molecule has 1 amide bonds. The van der Waals surface area contributed by atoms with E-state index in [9.17, 15) is 4.79 Å². The summed E-state index contributed by atoms with van der Waals surface area (Å²) in [5.41, 5.74) is 0.695. The van der Waals surface area contributed by atoms with Crippen molar-refractivity contribution in [2.45, 2.75) is 39.7 Å². The summed E-state index contributed by atoms with van der Waals surface area (Å²) in [5.74, 6) is 0.393. The molecule has 0 saturated carbocycles. The highest BCUT2D eigenvalue weighted by atomic mass is 16.5. The van der Waals surface area contributed by atoms with Gasteiger partial charge in [0.15, 0.2) is 0 Å². The molecule has 0 radical (unpaired) electrons. The minimum absolute atomic E-state index is 0.164. The third kappa shape index (κ3) is 3.67. The monoisotopic (exact) mass is 266 g/mol. The number of nitrogens with zero attached hydrogens (tertiary/aromatic N) is 1. The summed E-state index contributed by atoms with van der Waals surface area (Å²) in [5, 5.41) is 2.83. The fraction of sp³-hybridized carbons (Fsp3) is 0.571. The Bertz CT molecular complexity index is 448. The maximum Gasteiger partial charge on any atom is 0.256 e. The van der Waals surface area contributed by atoms with E-state index in [0.29, 0.717) is 24.6 Å². The van der Waals surface area contributed by atoms with Crippen molar-refractivity contribution < 1.29 is 14.3 Å². The molecular formula is C14H22N2O3.